The molecule has 0 bridgehead atoms. The minimum Gasteiger partial charge on any atom is -0.491 e. The fourth-order valence-electron chi connectivity index (χ4n) is 1.94. The van der Waals surface area contributed by atoms with E-state index in [4.69, 9.17) is 9.84 Å². The molecule has 0 aromatic heterocycles. The summed E-state index contributed by atoms with van der Waals surface area (Å²) >= 11 is 0. The van der Waals surface area contributed by atoms with E-state index in [1.54, 1.807) is 18.2 Å². The van der Waals surface area contributed by atoms with Gasteiger partial charge in [0.15, 0.2) is 0 Å². The minimum atomic E-state index is -1.01. The first-order valence-corrected chi connectivity index (χ1v) is 6.11. The summed E-state index contributed by atoms with van der Waals surface area (Å²) in [6.45, 7) is 2.75. The van der Waals surface area contributed by atoms with E-state index in [-0.39, 0.29) is 11.5 Å². The van der Waals surface area contributed by atoms with Crippen molar-refractivity contribution in [3.05, 3.63) is 29.8 Å². The summed E-state index contributed by atoms with van der Waals surface area (Å²) in [6.07, 6.45) is 0. The summed E-state index contributed by atoms with van der Waals surface area (Å²) in [6, 6.07) is 6.53. The van der Waals surface area contributed by atoms with Gasteiger partial charge in [0.2, 0.25) is 5.91 Å². The molecule has 1 saturated heterocycles. The Morgan fingerprint density at radius 2 is 2.21 bits per heavy atom. The lowest BCUT2D eigenvalue weighted by molar-refractivity contribution is -0.124. The van der Waals surface area contributed by atoms with Crippen LogP contribution in [0.15, 0.2) is 24.3 Å². The number of aromatic carboxylic acids is 1. The highest BCUT2D eigenvalue weighted by molar-refractivity contribution is 5.90. The van der Waals surface area contributed by atoms with Crippen LogP contribution in [0.3, 0.4) is 0 Å². The van der Waals surface area contributed by atoms with Gasteiger partial charge in [0.1, 0.15) is 17.9 Å². The van der Waals surface area contributed by atoms with E-state index in [0.29, 0.717) is 32.0 Å². The average Bonchev–Trinajstić information content (AvgIpc) is 2.39. The van der Waals surface area contributed by atoms with Crippen LogP contribution in [0.4, 0.5) is 0 Å². The molecule has 6 nitrogen and oxygen atoms in total. The number of amides is 1. The zero-order chi connectivity index (χ0) is 13.7. The molecule has 0 spiro atoms. The molecular formula is C13H16N2O4. The van der Waals surface area contributed by atoms with E-state index in [0.717, 1.165) is 6.54 Å². The smallest absolute Gasteiger partial charge is 0.339 e. The predicted octanol–water partition coefficient (Wildman–Crippen LogP) is 0.195. The van der Waals surface area contributed by atoms with E-state index in [1.807, 2.05) is 4.90 Å². The summed E-state index contributed by atoms with van der Waals surface area (Å²) in [5, 5.41) is 11.8. The quantitative estimate of drug-likeness (QED) is 0.794. The van der Waals surface area contributed by atoms with Crippen molar-refractivity contribution >= 4 is 11.9 Å². The maximum atomic E-state index is 11.2. The number of carboxylic acids is 1. The molecule has 1 aromatic carbocycles. The van der Waals surface area contributed by atoms with Gasteiger partial charge < -0.3 is 15.2 Å². The molecule has 1 aromatic rings. The average molecular weight is 264 g/mol. The van der Waals surface area contributed by atoms with Crippen LogP contribution in [0.5, 0.6) is 5.75 Å². The highest BCUT2D eigenvalue weighted by Crippen LogP contribution is 2.17. The number of carbonyl (C=O) groups is 2. The zero-order valence-electron chi connectivity index (χ0n) is 10.5. The van der Waals surface area contributed by atoms with E-state index < -0.39 is 5.97 Å². The third-order valence-corrected chi connectivity index (χ3v) is 2.90. The lowest BCUT2D eigenvalue weighted by atomic mass is 10.2. The van der Waals surface area contributed by atoms with Gasteiger partial charge in [0.05, 0.1) is 6.54 Å². The number of rotatable bonds is 5. The fourth-order valence-corrected chi connectivity index (χ4v) is 1.94. The van der Waals surface area contributed by atoms with Crippen LogP contribution >= 0.6 is 0 Å². The molecule has 6 heteroatoms. The van der Waals surface area contributed by atoms with Crippen molar-refractivity contribution in [3.8, 4) is 5.75 Å². The van der Waals surface area contributed by atoms with Crippen LogP contribution in [0, 0.1) is 0 Å². The van der Waals surface area contributed by atoms with Crippen LogP contribution in [0.2, 0.25) is 0 Å². The van der Waals surface area contributed by atoms with Crippen molar-refractivity contribution in [1.29, 1.82) is 0 Å². The molecule has 0 aliphatic carbocycles. The van der Waals surface area contributed by atoms with E-state index in [1.165, 1.54) is 6.07 Å². The summed E-state index contributed by atoms with van der Waals surface area (Å²) < 4.78 is 5.48. The zero-order valence-corrected chi connectivity index (χ0v) is 10.5. The van der Waals surface area contributed by atoms with Gasteiger partial charge in [0.25, 0.3) is 0 Å². The van der Waals surface area contributed by atoms with Crippen molar-refractivity contribution in [3.63, 3.8) is 0 Å². The van der Waals surface area contributed by atoms with Crippen molar-refractivity contribution in [2.45, 2.75) is 0 Å². The van der Waals surface area contributed by atoms with Crippen molar-refractivity contribution in [2.75, 3.05) is 32.8 Å². The molecular weight excluding hydrogens is 248 g/mol. The highest BCUT2D eigenvalue weighted by atomic mass is 16.5. The second kappa shape index (κ2) is 6.19. The number of ether oxygens (including phenoxy) is 1. The Kier molecular flexibility index (Phi) is 4.35. The van der Waals surface area contributed by atoms with Crippen LogP contribution in [0.1, 0.15) is 10.4 Å². The highest BCUT2D eigenvalue weighted by Gasteiger charge is 2.16. The molecule has 19 heavy (non-hydrogen) atoms. The van der Waals surface area contributed by atoms with Gasteiger partial charge in [-0.1, -0.05) is 12.1 Å². The summed E-state index contributed by atoms with van der Waals surface area (Å²) in [5.74, 6) is -0.637. The maximum Gasteiger partial charge on any atom is 0.339 e. The number of hydrogen-bond donors (Lipinski definition) is 2. The number of carboxylic acid groups (broad SMARTS) is 1. The fraction of sp³-hybridized carbons (Fsp3) is 0.385. The molecule has 1 aliphatic rings. The van der Waals surface area contributed by atoms with Crippen molar-refractivity contribution in [2.24, 2.45) is 0 Å². The Bertz CT molecular complexity index is 475. The topological polar surface area (TPSA) is 78.9 Å². The maximum absolute atomic E-state index is 11.2. The number of nitrogens with zero attached hydrogens (tertiary/aromatic N) is 1. The van der Waals surface area contributed by atoms with Gasteiger partial charge in [0, 0.05) is 19.6 Å². The standard InChI is InChI=1S/C13H16N2O4/c16-12-9-15(6-5-14-12)7-8-19-11-4-2-1-3-10(11)13(17)18/h1-4H,5-9H2,(H,14,16)(H,17,18). The number of benzene rings is 1. The molecule has 0 unspecified atom stereocenters. The third-order valence-electron chi connectivity index (χ3n) is 2.90. The van der Waals surface area contributed by atoms with Gasteiger partial charge >= 0.3 is 5.97 Å². The lowest BCUT2D eigenvalue weighted by Gasteiger charge is -2.26. The molecule has 0 saturated carbocycles. The first-order chi connectivity index (χ1) is 9.16. The van der Waals surface area contributed by atoms with Crippen molar-refractivity contribution < 1.29 is 19.4 Å². The van der Waals surface area contributed by atoms with E-state index >= 15 is 0 Å². The van der Waals surface area contributed by atoms with Gasteiger partial charge in [-0.3, -0.25) is 9.69 Å². The number of carbonyl (C=O) groups excluding carboxylic acids is 1. The van der Waals surface area contributed by atoms with Gasteiger partial charge in [-0.2, -0.15) is 0 Å². The van der Waals surface area contributed by atoms with Gasteiger partial charge in [-0.15, -0.1) is 0 Å². The SMILES string of the molecule is O=C1CN(CCOc2ccccc2C(=O)O)CCN1. The number of nitrogens with one attached hydrogen (secondary N) is 1. The Balaban J connectivity index is 1.85. The molecule has 1 aliphatic heterocycles. The summed E-state index contributed by atoms with van der Waals surface area (Å²) in [5.41, 5.74) is 0.152. The van der Waals surface area contributed by atoms with Gasteiger partial charge in [-0.25, -0.2) is 4.79 Å². The molecule has 102 valence electrons. The Hall–Kier alpha value is -2.08. The molecule has 1 fully saturated rings. The third kappa shape index (κ3) is 3.69. The lowest BCUT2D eigenvalue weighted by Crippen LogP contribution is -2.48. The Morgan fingerprint density at radius 1 is 1.42 bits per heavy atom. The predicted molar refractivity (Wildman–Crippen MR) is 68.3 cm³/mol. The van der Waals surface area contributed by atoms with Gasteiger partial charge in [-0.05, 0) is 12.1 Å². The summed E-state index contributed by atoms with van der Waals surface area (Å²) in [4.78, 5) is 24.1. The first kappa shape index (κ1) is 13.4. The first-order valence-electron chi connectivity index (χ1n) is 6.11. The molecule has 2 rings (SSSR count). The monoisotopic (exact) mass is 264 g/mol. The Morgan fingerprint density at radius 3 is 2.95 bits per heavy atom. The molecule has 1 amide bonds. The van der Waals surface area contributed by atoms with Crippen LogP contribution in [-0.4, -0.2) is 54.7 Å². The number of hydrogen-bond acceptors (Lipinski definition) is 4. The molecule has 1 heterocycles. The summed E-state index contributed by atoms with van der Waals surface area (Å²) in [7, 11) is 0. The number of para-hydroxylation sites is 1. The minimum absolute atomic E-state index is 0.0113. The Labute approximate surface area is 111 Å². The van der Waals surface area contributed by atoms with Crippen LogP contribution in [0.25, 0.3) is 0 Å². The van der Waals surface area contributed by atoms with E-state index in [9.17, 15) is 9.59 Å². The van der Waals surface area contributed by atoms with Crippen LogP contribution in [-0.2, 0) is 4.79 Å². The molecule has 2 N–H and O–H groups in total. The van der Waals surface area contributed by atoms with E-state index in [2.05, 4.69) is 5.32 Å². The van der Waals surface area contributed by atoms with Crippen molar-refractivity contribution in [1.82, 2.24) is 10.2 Å². The number of piperazine rings is 1. The largest absolute Gasteiger partial charge is 0.491 e. The second-order valence-electron chi connectivity index (χ2n) is 4.28. The normalized spacial score (nSPS) is 15.9. The molecule has 0 atom stereocenters. The molecule has 0 radical (unpaired) electrons. The van der Waals surface area contributed by atoms with Crippen LogP contribution < -0.4 is 10.1 Å². The second-order valence-corrected chi connectivity index (χ2v) is 4.28.